The molecule has 5 rings (SSSR count). The molecule has 0 radical (unpaired) electrons. The van der Waals surface area contributed by atoms with Crippen LogP contribution in [0.1, 0.15) is 32.9 Å². The maximum Gasteiger partial charge on any atom is 0.259 e. The second-order valence-corrected chi connectivity index (χ2v) is 8.83. The minimum atomic E-state index is -0.263. The lowest BCUT2D eigenvalue weighted by Gasteiger charge is -2.12. The SMILES string of the molecule is Cc1cc(Oc2ccccc2-c2nn[nH]n2)ncc1NC(=O)c1c(C)nn(Cc2ccccc2Cl)c1C. The van der Waals surface area contributed by atoms with Gasteiger partial charge >= 0.3 is 0 Å². The number of H-pyrrole nitrogens is 1. The number of aromatic amines is 1. The number of hydrogen-bond donors (Lipinski definition) is 2. The summed E-state index contributed by atoms with van der Waals surface area (Å²) in [5.41, 5.74) is 4.85. The van der Waals surface area contributed by atoms with E-state index in [1.54, 1.807) is 23.0 Å². The number of amides is 1. The highest BCUT2D eigenvalue weighted by molar-refractivity contribution is 6.31. The van der Waals surface area contributed by atoms with Crippen molar-refractivity contribution >= 4 is 23.2 Å². The Hall–Kier alpha value is -4.57. The van der Waals surface area contributed by atoms with Crippen molar-refractivity contribution in [2.24, 2.45) is 0 Å². The molecule has 0 bridgehead atoms. The summed E-state index contributed by atoms with van der Waals surface area (Å²) in [4.78, 5) is 17.6. The lowest BCUT2D eigenvalue weighted by atomic mass is 10.1. The molecule has 3 aromatic heterocycles. The number of carbonyl (C=O) groups excluding carboxylic acids is 1. The molecule has 11 heteroatoms. The first-order chi connectivity index (χ1) is 17.9. The third-order valence-corrected chi connectivity index (χ3v) is 6.28. The Kier molecular flexibility index (Phi) is 6.65. The van der Waals surface area contributed by atoms with Crippen molar-refractivity contribution in [2.75, 3.05) is 5.32 Å². The summed E-state index contributed by atoms with van der Waals surface area (Å²) in [6.45, 7) is 6.02. The molecule has 5 aromatic rings. The third kappa shape index (κ3) is 5.05. The maximum absolute atomic E-state index is 13.2. The predicted molar refractivity (Wildman–Crippen MR) is 139 cm³/mol. The number of benzene rings is 2. The van der Waals surface area contributed by atoms with E-state index in [0.717, 1.165) is 16.8 Å². The number of tetrazole rings is 1. The molecule has 2 N–H and O–H groups in total. The van der Waals surface area contributed by atoms with Crippen LogP contribution in [0.25, 0.3) is 11.4 Å². The number of para-hydroxylation sites is 1. The van der Waals surface area contributed by atoms with E-state index in [2.05, 4.69) is 36.0 Å². The molecule has 0 saturated carbocycles. The van der Waals surface area contributed by atoms with Gasteiger partial charge in [0.1, 0.15) is 5.75 Å². The summed E-state index contributed by atoms with van der Waals surface area (Å²) in [6, 6.07) is 16.7. The van der Waals surface area contributed by atoms with Crippen LogP contribution >= 0.6 is 11.6 Å². The van der Waals surface area contributed by atoms with Gasteiger partial charge < -0.3 is 10.1 Å². The summed E-state index contributed by atoms with van der Waals surface area (Å²) in [5.74, 6) is 1.05. The Labute approximate surface area is 217 Å². The fourth-order valence-electron chi connectivity index (χ4n) is 4.00. The minimum Gasteiger partial charge on any atom is -0.438 e. The molecule has 0 atom stereocenters. The van der Waals surface area contributed by atoms with Crippen LogP contribution in [0.2, 0.25) is 5.02 Å². The van der Waals surface area contributed by atoms with Crippen LogP contribution in [0.4, 0.5) is 5.69 Å². The first kappa shape index (κ1) is 24.1. The van der Waals surface area contributed by atoms with Crippen LogP contribution in [0.15, 0.2) is 60.8 Å². The van der Waals surface area contributed by atoms with Gasteiger partial charge in [-0.1, -0.05) is 41.9 Å². The number of carbonyl (C=O) groups is 1. The summed E-state index contributed by atoms with van der Waals surface area (Å²) in [5, 5.41) is 22.3. The average Bonchev–Trinajstić information content (AvgIpc) is 3.51. The highest BCUT2D eigenvalue weighted by Gasteiger charge is 2.20. The number of ether oxygens (including phenoxy) is 1. The maximum atomic E-state index is 13.2. The molecule has 0 fully saturated rings. The Morgan fingerprint density at radius 2 is 1.89 bits per heavy atom. The largest absolute Gasteiger partial charge is 0.438 e. The van der Waals surface area contributed by atoms with Crippen LogP contribution in [0.5, 0.6) is 11.6 Å². The van der Waals surface area contributed by atoms with Gasteiger partial charge in [-0.2, -0.15) is 10.3 Å². The summed E-state index contributed by atoms with van der Waals surface area (Å²) in [7, 11) is 0. The molecule has 10 nitrogen and oxygen atoms in total. The first-order valence-corrected chi connectivity index (χ1v) is 11.8. The molecule has 3 heterocycles. The van der Waals surface area contributed by atoms with E-state index in [9.17, 15) is 4.79 Å². The molecule has 0 aliphatic heterocycles. The van der Waals surface area contributed by atoms with E-state index < -0.39 is 0 Å². The quantitative estimate of drug-likeness (QED) is 0.308. The van der Waals surface area contributed by atoms with Crippen molar-refractivity contribution in [3.05, 3.63) is 93.9 Å². The van der Waals surface area contributed by atoms with Gasteiger partial charge in [0.05, 0.1) is 35.2 Å². The van der Waals surface area contributed by atoms with Crippen molar-refractivity contribution in [1.29, 1.82) is 0 Å². The molecular weight excluding hydrogens is 492 g/mol. The fourth-order valence-corrected chi connectivity index (χ4v) is 4.19. The van der Waals surface area contributed by atoms with E-state index in [-0.39, 0.29) is 5.91 Å². The number of nitrogens with one attached hydrogen (secondary N) is 2. The molecule has 0 aliphatic rings. The zero-order valence-electron chi connectivity index (χ0n) is 20.4. The Bertz CT molecular complexity index is 1580. The second kappa shape index (κ2) is 10.2. The summed E-state index contributed by atoms with van der Waals surface area (Å²) < 4.78 is 7.78. The van der Waals surface area contributed by atoms with Crippen LogP contribution in [0, 0.1) is 20.8 Å². The van der Waals surface area contributed by atoms with Crippen molar-refractivity contribution in [3.63, 3.8) is 0 Å². The van der Waals surface area contributed by atoms with E-state index >= 15 is 0 Å². The molecule has 0 saturated heterocycles. The third-order valence-electron chi connectivity index (χ3n) is 5.91. The number of hydrogen-bond acceptors (Lipinski definition) is 7. The smallest absolute Gasteiger partial charge is 0.259 e. The Balaban J connectivity index is 1.33. The molecule has 2 aromatic carbocycles. The zero-order valence-corrected chi connectivity index (χ0v) is 21.1. The van der Waals surface area contributed by atoms with Crippen molar-refractivity contribution in [3.8, 4) is 23.0 Å². The molecule has 186 valence electrons. The zero-order chi connectivity index (χ0) is 25.9. The molecule has 0 unspecified atom stereocenters. The lowest BCUT2D eigenvalue weighted by Crippen LogP contribution is -2.15. The van der Waals surface area contributed by atoms with Gasteiger partial charge in [0, 0.05) is 16.8 Å². The van der Waals surface area contributed by atoms with Gasteiger partial charge in [0.15, 0.2) is 0 Å². The number of aryl methyl sites for hydroxylation is 2. The Morgan fingerprint density at radius 3 is 2.65 bits per heavy atom. The number of rotatable bonds is 7. The van der Waals surface area contributed by atoms with Crippen LogP contribution in [-0.2, 0) is 6.54 Å². The van der Waals surface area contributed by atoms with Gasteiger partial charge in [-0.3, -0.25) is 9.48 Å². The standard InChI is InChI=1S/C26H23ClN8O2/c1-15-12-23(37-22-11-7-5-9-19(22)25-30-33-34-31-25)28-13-21(15)29-26(36)24-16(2)32-35(17(24)3)14-18-8-4-6-10-20(18)27/h4-13H,14H2,1-3H3,(H,29,36)(H,30,31,33,34). The van der Waals surface area contributed by atoms with Gasteiger partial charge in [0.25, 0.3) is 5.91 Å². The van der Waals surface area contributed by atoms with E-state index in [1.165, 1.54) is 0 Å². The van der Waals surface area contributed by atoms with E-state index in [4.69, 9.17) is 16.3 Å². The first-order valence-electron chi connectivity index (χ1n) is 11.5. The van der Waals surface area contributed by atoms with E-state index in [1.807, 2.05) is 63.2 Å². The van der Waals surface area contributed by atoms with E-state index in [0.29, 0.717) is 51.5 Å². The van der Waals surface area contributed by atoms with Crippen LogP contribution in [0.3, 0.4) is 0 Å². The highest BCUT2D eigenvalue weighted by Crippen LogP contribution is 2.31. The average molecular weight is 515 g/mol. The molecule has 37 heavy (non-hydrogen) atoms. The molecule has 0 aliphatic carbocycles. The van der Waals surface area contributed by atoms with Gasteiger partial charge in [-0.25, -0.2) is 4.98 Å². The van der Waals surface area contributed by atoms with Crippen LogP contribution < -0.4 is 10.1 Å². The topological polar surface area (TPSA) is 124 Å². The lowest BCUT2D eigenvalue weighted by molar-refractivity contribution is 0.102. The minimum absolute atomic E-state index is 0.263. The summed E-state index contributed by atoms with van der Waals surface area (Å²) >= 11 is 6.31. The van der Waals surface area contributed by atoms with Gasteiger partial charge in [-0.05, 0) is 55.3 Å². The fraction of sp³-hybridized carbons (Fsp3) is 0.154. The number of nitrogens with zero attached hydrogens (tertiary/aromatic N) is 6. The van der Waals surface area contributed by atoms with Crippen molar-refractivity contribution < 1.29 is 9.53 Å². The summed E-state index contributed by atoms with van der Waals surface area (Å²) in [6.07, 6.45) is 1.57. The normalized spacial score (nSPS) is 10.9. The number of pyridine rings is 1. The Morgan fingerprint density at radius 1 is 1.11 bits per heavy atom. The molecule has 1 amide bonds. The second-order valence-electron chi connectivity index (χ2n) is 8.42. The van der Waals surface area contributed by atoms with Gasteiger partial charge in [0.2, 0.25) is 11.7 Å². The van der Waals surface area contributed by atoms with Crippen molar-refractivity contribution in [2.45, 2.75) is 27.3 Å². The highest BCUT2D eigenvalue weighted by atomic mass is 35.5. The number of anilines is 1. The molecular formula is C26H23ClN8O2. The number of aromatic nitrogens is 7. The van der Waals surface area contributed by atoms with Gasteiger partial charge in [-0.15, -0.1) is 10.2 Å². The predicted octanol–water partition coefficient (Wildman–Crippen LogP) is 5.13. The monoisotopic (exact) mass is 514 g/mol. The molecule has 0 spiro atoms. The van der Waals surface area contributed by atoms with Crippen LogP contribution in [-0.4, -0.2) is 41.3 Å². The number of halogens is 1. The van der Waals surface area contributed by atoms with Crippen molar-refractivity contribution in [1.82, 2.24) is 35.4 Å².